The van der Waals surface area contributed by atoms with Crippen molar-refractivity contribution in [2.45, 2.75) is 25.1 Å². The second kappa shape index (κ2) is 6.54. The van der Waals surface area contributed by atoms with Gasteiger partial charge >= 0.3 is 6.18 Å². The third-order valence-corrected chi connectivity index (χ3v) is 3.28. The van der Waals surface area contributed by atoms with E-state index < -0.39 is 17.8 Å². The molecule has 1 rings (SSSR count). The Labute approximate surface area is 112 Å². The molecule has 0 saturated heterocycles. The number of hydrogen-bond donors (Lipinski definition) is 1. The molecule has 1 aromatic carbocycles. The van der Waals surface area contributed by atoms with Crippen molar-refractivity contribution in [3.8, 4) is 0 Å². The van der Waals surface area contributed by atoms with Gasteiger partial charge < -0.3 is 10.5 Å². The van der Waals surface area contributed by atoms with Crippen LogP contribution in [0.25, 0.3) is 0 Å². The Morgan fingerprint density at radius 2 is 2.06 bits per heavy atom. The van der Waals surface area contributed by atoms with E-state index >= 15 is 0 Å². The number of nitrogens with two attached hydrogens (primary N) is 1. The molecule has 0 bridgehead atoms. The summed E-state index contributed by atoms with van der Waals surface area (Å²) in [7, 11) is 1.58. The normalized spacial score (nSPS) is 13.7. The third kappa shape index (κ3) is 4.26. The first-order valence-electron chi connectivity index (χ1n) is 5.47. The minimum atomic E-state index is -4.37. The minimum Gasteiger partial charge on any atom is -0.385 e. The molecule has 0 aliphatic carbocycles. The molecule has 0 saturated carbocycles. The Morgan fingerprint density at radius 1 is 1.39 bits per heavy atom. The molecule has 1 aromatic rings. The van der Waals surface area contributed by atoms with E-state index in [9.17, 15) is 13.2 Å². The fourth-order valence-electron chi connectivity index (χ4n) is 1.61. The Kier molecular flexibility index (Phi) is 5.62. The van der Waals surface area contributed by atoms with Gasteiger partial charge in [-0.1, -0.05) is 22.0 Å². The van der Waals surface area contributed by atoms with Gasteiger partial charge in [0, 0.05) is 24.2 Å². The van der Waals surface area contributed by atoms with Crippen LogP contribution in [0.15, 0.2) is 22.7 Å². The van der Waals surface area contributed by atoms with Crippen LogP contribution in [0.1, 0.15) is 30.0 Å². The first-order valence-corrected chi connectivity index (χ1v) is 6.26. The number of hydrogen-bond acceptors (Lipinski definition) is 2. The number of ether oxygens (including phenoxy) is 1. The van der Waals surface area contributed by atoms with Crippen LogP contribution in [0.3, 0.4) is 0 Å². The number of halogens is 4. The van der Waals surface area contributed by atoms with Crippen molar-refractivity contribution in [1.29, 1.82) is 0 Å². The van der Waals surface area contributed by atoms with Crippen LogP contribution in [0, 0.1) is 0 Å². The maximum absolute atomic E-state index is 12.7. The molecule has 0 fully saturated rings. The Hall–Kier alpha value is -0.590. The van der Waals surface area contributed by atoms with Crippen LogP contribution >= 0.6 is 15.9 Å². The smallest absolute Gasteiger partial charge is 0.385 e. The summed E-state index contributed by atoms with van der Waals surface area (Å²) in [6.45, 7) is 0.552. The van der Waals surface area contributed by atoms with Gasteiger partial charge in [-0.05, 0) is 30.5 Å². The van der Waals surface area contributed by atoms with Crippen LogP contribution in [-0.4, -0.2) is 13.7 Å². The molecule has 2 nitrogen and oxygen atoms in total. The molecule has 18 heavy (non-hydrogen) atoms. The third-order valence-electron chi connectivity index (χ3n) is 2.59. The van der Waals surface area contributed by atoms with Crippen LogP contribution in [0.4, 0.5) is 13.2 Å². The lowest BCUT2D eigenvalue weighted by Crippen LogP contribution is -2.13. The summed E-state index contributed by atoms with van der Waals surface area (Å²) >= 11 is 2.90. The molecular formula is C12H15BrF3NO. The molecule has 0 aliphatic rings. The molecule has 1 atom stereocenters. The summed E-state index contributed by atoms with van der Waals surface area (Å²) in [4.78, 5) is 0. The van der Waals surface area contributed by atoms with Crippen LogP contribution in [-0.2, 0) is 10.9 Å². The predicted molar refractivity (Wildman–Crippen MR) is 67.2 cm³/mol. The van der Waals surface area contributed by atoms with Crippen LogP contribution in [0.2, 0.25) is 0 Å². The zero-order valence-electron chi connectivity index (χ0n) is 9.93. The van der Waals surface area contributed by atoms with Gasteiger partial charge in [-0.2, -0.15) is 13.2 Å². The number of benzene rings is 1. The second-order valence-electron chi connectivity index (χ2n) is 3.98. The topological polar surface area (TPSA) is 35.2 Å². The summed E-state index contributed by atoms with van der Waals surface area (Å²) in [5.74, 6) is 0. The van der Waals surface area contributed by atoms with Gasteiger partial charge in [0.25, 0.3) is 0 Å². The van der Waals surface area contributed by atoms with Crippen LogP contribution < -0.4 is 5.73 Å². The van der Waals surface area contributed by atoms with E-state index in [1.54, 1.807) is 13.2 Å². The molecule has 0 amide bonds. The molecule has 6 heteroatoms. The summed E-state index contributed by atoms with van der Waals surface area (Å²) in [6, 6.07) is 3.68. The van der Waals surface area contributed by atoms with Gasteiger partial charge in [-0.15, -0.1) is 0 Å². The average molecular weight is 326 g/mol. The van der Waals surface area contributed by atoms with Gasteiger partial charge in [0.2, 0.25) is 0 Å². The van der Waals surface area contributed by atoms with Gasteiger partial charge in [0.1, 0.15) is 0 Å². The molecule has 0 heterocycles. The lowest BCUT2D eigenvalue weighted by atomic mass is 10.0. The molecule has 1 unspecified atom stereocenters. The lowest BCUT2D eigenvalue weighted by molar-refractivity contribution is -0.138. The molecule has 102 valence electrons. The van der Waals surface area contributed by atoms with Gasteiger partial charge in [0.05, 0.1) is 5.56 Å². The number of rotatable bonds is 5. The van der Waals surface area contributed by atoms with E-state index in [0.717, 1.165) is 12.5 Å². The van der Waals surface area contributed by atoms with E-state index in [-0.39, 0.29) is 4.47 Å². The molecule has 0 radical (unpaired) electrons. The maximum atomic E-state index is 12.7. The van der Waals surface area contributed by atoms with E-state index in [1.807, 2.05) is 0 Å². The molecule has 0 aromatic heterocycles. The van der Waals surface area contributed by atoms with Crippen molar-refractivity contribution in [2.24, 2.45) is 5.73 Å². The molecular weight excluding hydrogens is 311 g/mol. The average Bonchev–Trinajstić information content (AvgIpc) is 2.28. The molecule has 0 spiro atoms. The molecule has 2 N–H and O–H groups in total. The summed E-state index contributed by atoms with van der Waals surface area (Å²) in [5, 5.41) is 0. The fourth-order valence-corrected chi connectivity index (χ4v) is 2.08. The maximum Gasteiger partial charge on any atom is 0.417 e. The Balaban J connectivity index is 2.84. The second-order valence-corrected chi connectivity index (χ2v) is 4.83. The quantitative estimate of drug-likeness (QED) is 0.833. The predicted octanol–water partition coefficient (Wildman–Crippen LogP) is 3.89. The Bertz CT molecular complexity index is 395. The zero-order chi connectivity index (χ0) is 13.8. The van der Waals surface area contributed by atoms with E-state index in [4.69, 9.17) is 10.5 Å². The highest BCUT2D eigenvalue weighted by Crippen LogP contribution is 2.36. The van der Waals surface area contributed by atoms with Crippen molar-refractivity contribution in [3.63, 3.8) is 0 Å². The van der Waals surface area contributed by atoms with E-state index in [2.05, 4.69) is 15.9 Å². The fraction of sp³-hybridized carbons (Fsp3) is 0.500. The molecule has 0 aliphatic heterocycles. The van der Waals surface area contributed by atoms with Crippen molar-refractivity contribution in [2.75, 3.05) is 13.7 Å². The monoisotopic (exact) mass is 325 g/mol. The van der Waals surface area contributed by atoms with Crippen molar-refractivity contribution < 1.29 is 17.9 Å². The van der Waals surface area contributed by atoms with Crippen molar-refractivity contribution in [3.05, 3.63) is 33.8 Å². The minimum absolute atomic E-state index is 0.0304. The Morgan fingerprint density at radius 3 is 2.61 bits per heavy atom. The first-order chi connectivity index (χ1) is 8.36. The lowest BCUT2D eigenvalue weighted by Gasteiger charge is -2.15. The van der Waals surface area contributed by atoms with Crippen molar-refractivity contribution in [1.82, 2.24) is 0 Å². The summed E-state index contributed by atoms with van der Waals surface area (Å²) < 4.78 is 43.0. The van der Waals surface area contributed by atoms with E-state index in [0.29, 0.717) is 18.6 Å². The highest BCUT2D eigenvalue weighted by molar-refractivity contribution is 9.10. The largest absolute Gasteiger partial charge is 0.417 e. The summed E-state index contributed by atoms with van der Waals surface area (Å²) in [6.07, 6.45) is -3.07. The standard InChI is InChI=1S/C12H15BrF3NO/c1-18-6-2-3-11(17)8-4-5-10(13)9(7-8)12(14,15)16/h4-5,7,11H,2-3,6,17H2,1H3. The van der Waals surface area contributed by atoms with Crippen molar-refractivity contribution >= 4 is 15.9 Å². The highest BCUT2D eigenvalue weighted by Gasteiger charge is 2.33. The number of methoxy groups -OCH3 is 1. The zero-order valence-corrected chi connectivity index (χ0v) is 11.5. The van der Waals surface area contributed by atoms with Gasteiger partial charge in [-0.25, -0.2) is 0 Å². The number of alkyl halides is 3. The SMILES string of the molecule is COCCCC(N)c1ccc(Br)c(C(F)(F)F)c1. The first kappa shape index (κ1) is 15.5. The highest BCUT2D eigenvalue weighted by atomic mass is 79.9. The summed E-state index contributed by atoms with van der Waals surface area (Å²) in [5.41, 5.74) is 5.66. The van der Waals surface area contributed by atoms with E-state index in [1.165, 1.54) is 6.07 Å². The van der Waals surface area contributed by atoms with Gasteiger partial charge in [-0.3, -0.25) is 0 Å². The van der Waals surface area contributed by atoms with Crippen LogP contribution in [0.5, 0.6) is 0 Å². The van der Waals surface area contributed by atoms with Gasteiger partial charge in [0.15, 0.2) is 0 Å².